The maximum Gasteiger partial charge on any atom is 0.318 e. The SMILES string of the molecule is C[C@@H](c1ccco1)N(C(=O)NC[C@@H]1COc2ccccc2C1)C1CC1. The van der Waals surface area contributed by atoms with Gasteiger partial charge in [0.15, 0.2) is 0 Å². The van der Waals surface area contributed by atoms with Crippen molar-refractivity contribution in [3.05, 3.63) is 54.0 Å². The molecule has 25 heavy (non-hydrogen) atoms. The molecule has 0 bridgehead atoms. The van der Waals surface area contributed by atoms with Crippen LogP contribution in [0.3, 0.4) is 0 Å². The zero-order valence-corrected chi connectivity index (χ0v) is 14.5. The molecule has 1 saturated carbocycles. The van der Waals surface area contributed by atoms with Crippen molar-refractivity contribution >= 4 is 6.03 Å². The molecule has 2 heterocycles. The largest absolute Gasteiger partial charge is 0.493 e. The summed E-state index contributed by atoms with van der Waals surface area (Å²) in [7, 11) is 0. The minimum Gasteiger partial charge on any atom is -0.493 e. The minimum atomic E-state index is -0.0502. The molecule has 1 aromatic heterocycles. The Labute approximate surface area is 148 Å². The Balaban J connectivity index is 1.36. The molecule has 0 saturated heterocycles. The van der Waals surface area contributed by atoms with Gasteiger partial charge in [0.25, 0.3) is 0 Å². The van der Waals surface area contributed by atoms with Crippen molar-refractivity contribution in [2.24, 2.45) is 5.92 Å². The van der Waals surface area contributed by atoms with Gasteiger partial charge in [0, 0.05) is 18.5 Å². The predicted octanol–water partition coefficient (Wildman–Crippen LogP) is 3.77. The van der Waals surface area contributed by atoms with Gasteiger partial charge in [0.05, 0.1) is 18.9 Å². The Morgan fingerprint density at radius 1 is 1.28 bits per heavy atom. The maximum atomic E-state index is 12.8. The first-order chi connectivity index (χ1) is 12.2. The number of rotatable bonds is 5. The highest BCUT2D eigenvalue weighted by Gasteiger charge is 2.37. The Bertz CT molecular complexity index is 724. The molecule has 2 atom stereocenters. The average molecular weight is 340 g/mol. The van der Waals surface area contributed by atoms with Crippen LogP contribution in [0, 0.1) is 5.92 Å². The van der Waals surface area contributed by atoms with Crippen molar-refractivity contribution in [3.63, 3.8) is 0 Å². The number of ether oxygens (including phenoxy) is 1. The van der Waals surface area contributed by atoms with E-state index in [2.05, 4.69) is 11.4 Å². The second-order valence-electron chi connectivity index (χ2n) is 7.00. The van der Waals surface area contributed by atoms with Crippen LogP contribution in [-0.4, -0.2) is 30.1 Å². The minimum absolute atomic E-state index is 0.00902. The third-order valence-electron chi connectivity index (χ3n) is 5.04. The van der Waals surface area contributed by atoms with Crippen molar-refractivity contribution < 1.29 is 13.9 Å². The Morgan fingerprint density at radius 2 is 2.12 bits per heavy atom. The number of fused-ring (bicyclic) bond motifs is 1. The van der Waals surface area contributed by atoms with E-state index in [1.807, 2.05) is 42.2 Å². The molecule has 1 N–H and O–H groups in total. The van der Waals surface area contributed by atoms with E-state index in [4.69, 9.17) is 9.15 Å². The second-order valence-corrected chi connectivity index (χ2v) is 7.00. The number of urea groups is 1. The fourth-order valence-corrected chi connectivity index (χ4v) is 3.52. The Hall–Kier alpha value is -2.43. The van der Waals surface area contributed by atoms with E-state index in [1.54, 1.807) is 6.26 Å². The molecule has 0 spiro atoms. The van der Waals surface area contributed by atoms with Crippen LogP contribution >= 0.6 is 0 Å². The lowest BCUT2D eigenvalue weighted by atomic mass is 9.97. The third-order valence-corrected chi connectivity index (χ3v) is 5.04. The first-order valence-electron chi connectivity index (χ1n) is 9.02. The zero-order valence-electron chi connectivity index (χ0n) is 14.5. The summed E-state index contributed by atoms with van der Waals surface area (Å²) in [5.74, 6) is 2.10. The highest BCUT2D eigenvalue weighted by Crippen LogP contribution is 2.34. The summed E-state index contributed by atoms with van der Waals surface area (Å²) in [6.07, 6.45) is 4.73. The van der Waals surface area contributed by atoms with Gasteiger partial charge in [0.2, 0.25) is 0 Å². The topological polar surface area (TPSA) is 54.7 Å². The quantitative estimate of drug-likeness (QED) is 0.901. The van der Waals surface area contributed by atoms with Gasteiger partial charge in [-0.1, -0.05) is 18.2 Å². The smallest absolute Gasteiger partial charge is 0.318 e. The van der Waals surface area contributed by atoms with Gasteiger partial charge in [-0.15, -0.1) is 0 Å². The van der Waals surface area contributed by atoms with Crippen LogP contribution in [0.4, 0.5) is 4.79 Å². The average Bonchev–Trinajstić information content (AvgIpc) is 3.31. The zero-order chi connectivity index (χ0) is 17.2. The number of amides is 2. The summed E-state index contributed by atoms with van der Waals surface area (Å²) in [5, 5.41) is 3.11. The van der Waals surface area contributed by atoms with Crippen LogP contribution in [0.15, 0.2) is 47.1 Å². The highest BCUT2D eigenvalue weighted by molar-refractivity contribution is 5.75. The molecule has 0 unspecified atom stereocenters. The van der Waals surface area contributed by atoms with Crippen LogP contribution < -0.4 is 10.1 Å². The number of hydrogen-bond acceptors (Lipinski definition) is 3. The van der Waals surface area contributed by atoms with Crippen LogP contribution in [0.5, 0.6) is 5.75 Å². The summed E-state index contributed by atoms with van der Waals surface area (Å²) in [6.45, 7) is 3.30. The highest BCUT2D eigenvalue weighted by atomic mass is 16.5. The van der Waals surface area contributed by atoms with E-state index in [9.17, 15) is 4.79 Å². The molecule has 1 aliphatic carbocycles. The number of furan rings is 1. The molecule has 2 amide bonds. The number of nitrogens with zero attached hydrogens (tertiary/aromatic N) is 1. The van der Waals surface area contributed by atoms with Crippen molar-refractivity contribution in [3.8, 4) is 5.75 Å². The molecular weight excluding hydrogens is 316 g/mol. The van der Waals surface area contributed by atoms with Gasteiger partial charge < -0.3 is 19.4 Å². The molecule has 1 fully saturated rings. The summed E-state index contributed by atoms with van der Waals surface area (Å²) in [4.78, 5) is 14.7. The van der Waals surface area contributed by atoms with Crippen LogP contribution in [0.1, 0.15) is 37.1 Å². The number of hydrogen-bond donors (Lipinski definition) is 1. The van der Waals surface area contributed by atoms with Crippen molar-refractivity contribution in [1.29, 1.82) is 0 Å². The summed E-state index contributed by atoms with van der Waals surface area (Å²) >= 11 is 0. The Morgan fingerprint density at radius 3 is 2.88 bits per heavy atom. The Kier molecular flexibility index (Phi) is 4.38. The molecule has 5 nitrogen and oxygen atoms in total. The lowest BCUT2D eigenvalue weighted by Crippen LogP contribution is -2.45. The van der Waals surface area contributed by atoms with Gasteiger partial charge in [0.1, 0.15) is 11.5 Å². The van der Waals surface area contributed by atoms with Gasteiger partial charge in [-0.25, -0.2) is 4.79 Å². The maximum absolute atomic E-state index is 12.8. The van der Waals surface area contributed by atoms with E-state index < -0.39 is 0 Å². The van der Waals surface area contributed by atoms with E-state index in [0.29, 0.717) is 25.1 Å². The number of carbonyl (C=O) groups excluding carboxylic acids is 1. The lowest BCUT2D eigenvalue weighted by Gasteiger charge is -2.30. The summed E-state index contributed by atoms with van der Waals surface area (Å²) in [5.41, 5.74) is 1.22. The van der Waals surface area contributed by atoms with Crippen molar-refractivity contribution in [2.45, 2.75) is 38.3 Å². The molecule has 4 rings (SSSR count). The van der Waals surface area contributed by atoms with E-state index in [-0.39, 0.29) is 12.1 Å². The van der Waals surface area contributed by atoms with Crippen molar-refractivity contribution in [2.75, 3.05) is 13.2 Å². The second kappa shape index (κ2) is 6.82. The molecule has 132 valence electrons. The molecule has 5 heteroatoms. The first kappa shape index (κ1) is 16.1. The van der Waals surface area contributed by atoms with Gasteiger partial charge in [-0.05, 0) is 49.9 Å². The fourth-order valence-electron chi connectivity index (χ4n) is 3.52. The van der Waals surface area contributed by atoms with Crippen LogP contribution in [0.2, 0.25) is 0 Å². The van der Waals surface area contributed by atoms with E-state index in [1.165, 1.54) is 5.56 Å². The number of benzene rings is 1. The van der Waals surface area contributed by atoms with Crippen LogP contribution in [-0.2, 0) is 6.42 Å². The molecule has 2 aliphatic rings. The molecule has 0 radical (unpaired) electrons. The fraction of sp³-hybridized carbons (Fsp3) is 0.450. The monoisotopic (exact) mass is 340 g/mol. The summed E-state index contributed by atoms with van der Waals surface area (Å²) < 4.78 is 11.3. The summed E-state index contributed by atoms with van der Waals surface area (Å²) in [6, 6.07) is 12.2. The molecule has 1 aliphatic heterocycles. The van der Waals surface area contributed by atoms with Crippen LogP contribution in [0.25, 0.3) is 0 Å². The van der Waals surface area contributed by atoms with E-state index >= 15 is 0 Å². The van der Waals surface area contributed by atoms with E-state index in [0.717, 1.165) is 30.8 Å². The number of para-hydroxylation sites is 1. The first-order valence-corrected chi connectivity index (χ1v) is 9.02. The van der Waals surface area contributed by atoms with Crippen molar-refractivity contribution in [1.82, 2.24) is 10.2 Å². The standard InChI is InChI=1S/C20H24N2O3/c1-14(18-7-4-10-24-18)22(17-8-9-17)20(23)21-12-15-11-16-5-2-3-6-19(16)25-13-15/h2-7,10,14-15,17H,8-9,11-13H2,1H3,(H,21,23)/t14-,15+/m0/s1. The van der Waals surface area contributed by atoms with Gasteiger partial charge >= 0.3 is 6.03 Å². The molecular formula is C20H24N2O3. The number of carbonyl (C=O) groups is 1. The third kappa shape index (κ3) is 3.50. The van der Waals surface area contributed by atoms with Gasteiger partial charge in [-0.3, -0.25) is 0 Å². The van der Waals surface area contributed by atoms with Gasteiger partial charge in [-0.2, -0.15) is 0 Å². The molecule has 2 aromatic rings. The normalized spacial score (nSPS) is 20.3. The lowest BCUT2D eigenvalue weighted by molar-refractivity contribution is 0.160. The number of nitrogens with one attached hydrogen (secondary N) is 1. The predicted molar refractivity (Wildman–Crippen MR) is 94.5 cm³/mol. The molecule has 1 aromatic carbocycles.